The van der Waals surface area contributed by atoms with Gasteiger partial charge in [0.1, 0.15) is 11.1 Å². The molecule has 1 fully saturated rings. The number of hydrogen-bond donors (Lipinski definition) is 0. The van der Waals surface area contributed by atoms with Gasteiger partial charge in [0.2, 0.25) is 0 Å². The smallest absolute Gasteiger partial charge is 0.341 e. The highest BCUT2D eigenvalue weighted by Gasteiger charge is 2.29. The Balaban J connectivity index is 1.93. The second-order valence-corrected chi connectivity index (χ2v) is 5.77. The molecule has 0 bridgehead atoms. The third kappa shape index (κ3) is 2.53. The average Bonchev–Trinajstić information content (AvgIpc) is 3.11. The van der Waals surface area contributed by atoms with Crippen LogP contribution in [0.1, 0.15) is 42.4 Å². The van der Waals surface area contributed by atoms with Gasteiger partial charge in [0.15, 0.2) is 11.5 Å². The molecule has 2 aromatic rings. The third-order valence-electron chi connectivity index (χ3n) is 4.14. The van der Waals surface area contributed by atoms with Gasteiger partial charge in [0, 0.05) is 18.5 Å². The molecule has 2 heterocycles. The van der Waals surface area contributed by atoms with Crippen LogP contribution in [0, 0.1) is 0 Å². The summed E-state index contributed by atoms with van der Waals surface area (Å²) in [5.74, 6) is 0.633. The molecule has 3 rings (SSSR count). The molecule has 0 saturated carbocycles. The van der Waals surface area contributed by atoms with Gasteiger partial charge in [0.25, 0.3) is 0 Å². The van der Waals surface area contributed by atoms with E-state index in [1.807, 2.05) is 6.07 Å². The molecule has 5 nitrogen and oxygen atoms in total. The number of carbonyl (C=O) groups is 1. The number of esters is 1. The van der Waals surface area contributed by atoms with Crippen molar-refractivity contribution in [2.45, 2.75) is 32.2 Å². The first-order chi connectivity index (χ1) is 10.1. The Morgan fingerprint density at radius 1 is 1.48 bits per heavy atom. The van der Waals surface area contributed by atoms with Crippen molar-refractivity contribution in [3.05, 3.63) is 29.7 Å². The van der Waals surface area contributed by atoms with Crippen LogP contribution in [0.15, 0.2) is 22.6 Å². The largest absolute Gasteiger partial charge is 0.465 e. The minimum Gasteiger partial charge on any atom is -0.465 e. The van der Waals surface area contributed by atoms with Crippen LogP contribution in [-0.4, -0.2) is 42.1 Å². The molecular formula is C16H20N2O3. The number of benzene rings is 1. The number of ether oxygens (including phenoxy) is 1. The van der Waals surface area contributed by atoms with Crippen molar-refractivity contribution < 1.29 is 13.9 Å². The minimum atomic E-state index is -0.390. The predicted molar refractivity (Wildman–Crippen MR) is 79.4 cm³/mol. The van der Waals surface area contributed by atoms with Crippen molar-refractivity contribution in [1.82, 2.24) is 9.88 Å². The van der Waals surface area contributed by atoms with Crippen molar-refractivity contribution in [3.8, 4) is 0 Å². The molecule has 0 amide bonds. The fraction of sp³-hybridized carbons (Fsp3) is 0.500. The highest BCUT2D eigenvalue weighted by Crippen LogP contribution is 2.31. The molecule has 112 valence electrons. The lowest BCUT2D eigenvalue weighted by molar-refractivity contribution is 0.0601. The summed E-state index contributed by atoms with van der Waals surface area (Å²) in [5, 5.41) is 0. The Morgan fingerprint density at radius 2 is 2.29 bits per heavy atom. The van der Waals surface area contributed by atoms with Crippen molar-refractivity contribution in [2.75, 3.05) is 20.2 Å². The van der Waals surface area contributed by atoms with Gasteiger partial charge in [-0.15, -0.1) is 0 Å². The average molecular weight is 288 g/mol. The SMILES string of the molecule is COC(=O)c1cccc2nc([C@H]3CCN(C(C)C)C3)oc12. The monoisotopic (exact) mass is 288 g/mol. The van der Waals surface area contributed by atoms with Gasteiger partial charge in [-0.25, -0.2) is 9.78 Å². The Bertz CT molecular complexity index is 663. The fourth-order valence-electron chi connectivity index (χ4n) is 2.87. The Labute approximate surface area is 123 Å². The highest BCUT2D eigenvalue weighted by atomic mass is 16.5. The maximum atomic E-state index is 11.8. The molecule has 0 aliphatic carbocycles. The predicted octanol–water partition coefficient (Wildman–Crippen LogP) is 2.81. The lowest BCUT2D eigenvalue weighted by atomic mass is 10.1. The Morgan fingerprint density at radius 3 is 2.95 bits per heavy atom. The molecule has 0 unspecified atom stereocenters. The van der Waals surface area contributed by atoms with Crippen LogP contribution in [0.2, 0.25) is 0 Å². The van der Waals surface area contributed by atoms with Gasteiger partial charge in [-0.3, -0.25) is 0 Å². The van der Waals surface area contributed by atoms with E-state index in [0.29, 0.717) is 23.1 Å². The standard InChI is InChI=1S/C16H20N2O3/c1-10(2)18-8-7-11(9-18)15-17-13-6-4-5-12(14(13)21-15)16(19)20-3/h4-6,10-11H,7-9H2,1-3H3/t11-/m0/s1. The molecule has 1 aromatic carbocycles. The molecule has 0 spiro atoms. The van der Waals surface area contributed by atoms with Gasteiger partial charge < -0.3 is 14.1 Å². The number of hydrogen-bond acceptors (Lipinski definition) is 5. The van der Waals surface area contributed by atoms with E-state index >= 15 is 0 Å². The highest BCUT2D eigenvalue weighted by molar-refractivity contribution is 6.00. The Kier molecular flexibility index (Phi) is 3.68. The summed E-state index contributed by atoms with van der Waals surface area (Å²) < 4.78 is 10.7. The van der Waals surface area contributed by atoms with Crippen LogP contribution in [0.4, 0.5) is 0 Å². The zero-order valence-electron chi connectivity index (χ0n) is 12.6. The van der Waals surface area contributed by atoms with E-state index in [1.54, 1.807) is 12.1 Å². The second kappa shape index (κ2) is 5.48. The van der Waals surface area contributed by atoms with E-state index in [4.69, 9.17) is 9.15 Å². The van der Waals surface area contributed by atoms with Crippen molar-refractivity contribution >= 4 is 17.1 Å². The lowest BCUT2D eigenvalue weighted by Gasteiger charge is -2.19. The summed E-state index contributed by atoms with van der Waals surface area (Å²) in [5.41, 5.74) is 1.69. The number of nitrogens with zero attached hydrogens (tertiary/aromatic N) is 2. The number of aromatic nitrogens is 1. The van der Waals surface area contributed by atoms with E-state index in [0.717, 1.165) is 30.9 Å². The fourth-order valence-corrected chi connectivity index (χ4v) is 2.87. The number of carbonyl (C=O) groups excluding carboxylic acids is 1. The quantitative estimate of drug-likeness (QED) is 0.813. The zero-order valence-corrected chi connectivity index (χ0v) is 12.6. The molecule has 1 saturated heterocycles. The van der Waals surface area contributed by atoms with Crippen LogP contribution in [0.3, 0.4) is 0 Å². The minimum absolute atomic E-state index is 0.297. The van der Waals surface area contributed by atoms with Gasteiger partial charge in [-0.05, 0) is 38.9 Å². The van der Waals surface area contributed by atoms with E-state index in [1.165, 1.54) is 7.11 Å². The number of rotatable bonds is 3. The van der Waals surface area contributed by atoms with E-state index in [9.17, 15) is 4.79 Å². The summed E-state index contributed by atoms with van der Waals surface area (Å²) in [7, 11) is 1.37. The summed E-state index contributed by atoms with van der Waals surface area (Å²) >= 11 is 0. The molecule has 0 N–H and O–H groups in total. The van der Waals surface area contributed by atoms with E-state index in [2.05, 4.69) is 23.7 Å². The van der Waals surface area contributed by atoms with Crippen molar-refractivity contribution in [1.29, 1.82) is 0 Å². The first-order valence-electron chi connectivity index (χ1n) is 7.32. The van der Waals surface area contributed by atoms with Gasteiger partial charge in [-0.2, -0.15) is 0 Å². The molecule has 1 aliphatic rings. The van der Waals surface area contributed by atoms with Crippen LogP contribution < -0.4 is 0 Å². The summed E-state index contributed by atoms with van der Waals surface area (Å²) in [6, 6.07) is 5.91. The maximum absolute atomic E-state index is 11.8. The molecule has 5 heteroatoms. The van der Waals surface area contributed by atoms with Gasteiger partial charge >= 0.3 is 5.97 Å². The topological polar surface area (TPSA) is 55.6 Å². The summed E-state index contributed by atoms with van der Waals surface area (Å²) in [6.07, 6.45) is 1.04. The molecule has 0 radical (unpaired) electrons. The van der Waals surface area contributed by atoms with Crippen LogP contribution in [-0.2, 0) is 4.74 Å². The number of methoxy groups -OCH3 is 1. The summed E-state index contributed by atoms with van der Waals surface area (Å²) in [6.45, 7) is 6.41. The first-order valence-corrected chi connectivity index (χ1v) is 7.32. The normalized spacial score (nSPS) is 19.5. The van der Waals surface area contributed by atoms with E-state index in [-0.39, 0.29) is 0 Å². The first kappa shape index (κ1) is 14.1. The van der Waals surface area contributed by atoms with Gasteiger partial charge in [0.05, 0.1) is 7.11 Å². The Hall–Kier alpha value is -1.88. The van der Waals surface area contributed by atoms with Gasteiger partial charge in [-0.1, -0.05) is 6.07 Å². The third-order valence-corrected chi connectivity index (χ3v) is 4.14. The van der Waals surface area contributed by atoms with E-state index < -0.39 is 5.97 Å². The number of para-hydroxylation sites is 1. The summed E-state index contributed by atoms with van der Waals surface area (Å²) in [4.78, 5) is 18.8. The van der Waals surface area contributed by atoms with Crippen LogP contribution >= 0.6 is 0 Å². The molecule has 1 atom stereocenters. The lowest BCUT2D eigenvalue weighted by Crippen LogP contribution is -2.27. The zero-order chi connectivity index (χ0) is 15.0. The van der Waals surface area contributed by atoms with Crippen molar-refractivity contribution in [3.63, 3.8) is 0 Å². The second-order valence-electron chi connectivity index (χ2n) is 5.77. The molecule has 21 heavy (non-hydrogen) atoms. The van der Waals surface area contributed by atoms with Crippen LogP contribution in [0.5, 0.6) is 0 Å². The number of oxazole rings is 1. The molecule has 1 aliphatic heterocycles. The molecule has 1 aromatic heterocycles. The maximum Gasteiger partial charge on any atom is 0.341 e. The van der Waals surface area contributed by atoms with Crippen LogP contribution in [0.25, 0.3) is 11.1 Å². The number of fused-ring (bicyclic) bond motifs is 1. The molecular weight excluding hydrogens is 268 g/mol. The van der Waals surface area contributed by atoms with Crippen molar-refractivity contribution in [2.24, 2.45) is 0 Å². The number of likely N-dealkylation sites (tertiary alicyclic amines) is 1.